The van der Waals surface area contributed by atoms with Crippen LogP contribution in [0.2, 0.25) is 0 Å². The summed E-state index contributed by atoms with van der Waals surface area (Å²) in [6, 6.07) is 2.11. The smallest absolute Gasteiger partial charge is 0.161 e. The first-order valence-electron chi connectivity index (χ1n) is 7.58. The average molecular weight is 272 g/mol. The van der Waals surface area contributed by atoms with Gasteiger partial charge in [0.2, 0.25) is 0 Å². The highest BCUT2D eigenvalue weighted by Crippen LogP contribution is 2.32. The van der Waals surface area contributed by atoms with Gasteiger partial charge < -0.3 is 10.1 Å². The van der Waals surface area contributed by atoms with E-state index in [2.05, 4.69) is 21.5 Å². The van der Waals surface area contributed by atoms with E-state index in [0.717, 1.165) is 43.7 Å². The van der Waals surface area contributed by atoms with E-state index in [4.69, 9.17) is 4.74 Å². The summed E-state index contributed by atoms with van der Waals surface area (Å²) in [7, 11) is 0. The van der Waals surface area contributed by atoms with E-state index in [-0.39, 0.29) is 6.10 Å². The molecule has 2 aromatic rings. The van der Waals surface area contributed by atoms with Crippen molar-refractivity contribution in [2.75, 3.05) is 19.7 Å². The number of fused-ring (bicyclic) bond motifs is 1. The normalized spacial score (nSPS) is 27.2. The number of hydrogen-bond acceptors (Lipinski definition) is 4. The lowest BCUT2D eigenvalue weighted by Crippen LogP contribution is -2.29. The van der Waals surface area contributed by atoms with Gasteiger partial charge in [-0.15, -0.1) is 0 Å². The van der Waals surface area contributed by atoms with Crippen molar-refractivity contribution in [3.05, 3.63) is 29.7 Å². The second kappa shape index (κ2) is 5.14. The number of hydrogen-bond donors (Lipinski definition) is 1. The standard InChI is InChI=1S/C15H20N4O/c1-3-11(9-16-6-1)13-5-7-17-15-12(10-18-19(13)15)14-4-2-8-20-14/h5,7,10-11,14,16H,1-4,6,8-9H2. The highest BCUT2D eigenvalue weighted by atomic mass is 16.5. The third-order valence-electron chi connectivity index (χ3n) is 4.45. The van der Waals surface area contributed by atoms with Crippen LogP contribution in [-0.2, 0) is 4.74 Å². The minimum atomic E-state index is 0.180. The molecule has 4 heterocycles. The van der Waals surface area contributed by atoms with Gasteiger partial charge in [0.25, 0.3) is 0 Å². The van der Waals surface area contributed by atoms with Crippen LogP contribution in [0.3, 0.4) is 0 Å². The Hall–Kier alpha value is -1.46. The van der Waals surface area contributed by atoms with Crippen molar-refractivity contribution in [2.45, 2.75) is 37.7 Å². The number of nitrogens with one attached hydrogen (secondary N) is 1. The van der Waals surface area contributed by atoms with Crippen molar-refractivity contribution in [1.29, 1.82) is 0 Å². The lowest BCUT2D eigenvalue weighted by Gasteiger charge is -2.23. The number of rotatable bonds is 2. The van der Waals surface area contributed by atoms with Gasteiger partial charge in [0, 0.05) is 30.8 Å². The summed E-state index contributed by atoms with van der Waals surface area (Å²) in [5.74, 6) is 0.534. The molecule has 2 aliphatic heterocycles. The maximum atomic E-state index is 5.79. The maximum Gasteiger partial charge on any atom is 0.161 e. The third-order valence-corrected chi connectivity index (χ3v) is 4.45. The second-order valence-electron chi connectivity index (χ2n) is 5.75. The molecule has 0 amide bonds. The predicted octanol–water partition coefficient (Wildman–Crippen LogP) is 2.05. The van der Waals surface area contributed by atoms with Gasteiger partial charge in [0.15, 0.2) is 5.65 Å². The fraction of sp³-hybridized carbons (Fsp3) is 0.600. The fourth-order valence-electron chi connectivity index (χ4n) is 3.39. The molecule has 2 aromatic heterocycles. The SMILES string of the molecule is c1cc(C2CCCNC2)n2ncc(C3CCCO3)c2n1. The number of piperidine rings is 1. The van der Waals surface area contributed by atoms with Crippen LogP contribution in [-0.4, -0.2) is 34.3 Å². The molecule has 106 valence electrons. The molecule has 2 fully saturated rings. The zero-order valence-corrected chi connectivity index (χ0v) is 11.6. The molecule has 20 heavy (non-hydrogen) atoms. The summed E-state index contributed by atoms with van der Waals surface area (Å²) in [4.78, 5) is 4.54. The highest BCUT2D eigenvalue weighted by molar-refractivity contribution is 5.49. The summed E-state index contributed by atoms with van der Waals surface area (Å²) >= 11 is 0. The molecule has 0 saturated carbocycles. The van der Waals surface area contributed by atoms with Crippen LogP contribution in [0.25, 0.3) is 5.65 Å². The lowest BCUT2D eigenvalue weighted by atomic mass is 9.96. The van der Waals surface area contributed by atoms with E-state index in [1.165, 1.54) is 18.5 Å². The Balaban J connectivity index is 1.75. The van der Waals surface area contributed by atoms with Gasteiger partial charge in [0.1, 0.15) is 0 Å². The molecular weight excluding hydrogens is 252 g/mol. The van der Waals surface area contributed by atoms with Crippen LogP contribution in [0.15, 0.2) is 18.5 Å². The Kier molecular flexibility index (Phi) is 3.16. The molecule has 4 rings (SSSR count). The first-order chi connectivity index (χ1) is 9.93. The molecule has 2 aliphatic rings. The largest absolute Gasteiger partial charge is 0.373 e. The molecule has 2 atom stereocenters. The van der Waals surface area contributed by atoms with Crippen molar-refractivity contribution < 1.29 is 4.74 Å². The first kappa shape index (κ1) is 12.3. The topological polar surface area (TPSA) is 51.5 Å². The van der Waals surface area contributed by atoms with E-state index in [1.807, 2.05) is 16.9 Å². The molecular formula is C15H20N4O. The van der Waals surface area contributed by atoms with Crippen LogP contribution in [0.4, 0.5) is 0 Å². The van der Waals surface area contributed by atoms with Gasteiger partial charge in [-0.1, -0.05) is 0 Å². The minimum Gasteiger partial charge on any atom is -0.373 e. The Bertz CT molecular complexity index is 597. The van der Waals surface area contributed by atoms with Crippen LogP contribution >= 0.6 is 0 Å². The zero-order valence-electron chi connectivity index (χ0n) is 11.6. The van der Waals surface area contributed by atoms with E-state index in [9.17, 15) is 0 Å². The van der Waals surface area contributed by atoms with Gasteiger partial charge in [0.05, 0.1) is 18.0 Å². The van der Waals surface area contributed by atoms with Gasteiger partial charge in [-0.3, -0.25) is 0 Å². The summed E-state index contributed by atoms with van der Waals surface area (Å²) in [5.41, 5.74) is 3.39. The Morgan fingerprint density at radius 3 is 3.10 bits per heavy atom. The molecule has 0 bridgehead atoms. The number of aromatic nitrogens is 3. The summed E-state index contributed by atoms with van der Waals surface area (Å²) in [6.07, 6.45) is 8.71. The third kappa shape index (κ3) is 2.01. The minimum absolute atomic E-state index is 0.180. The van der Waals surface area contributed by atoms with Crippen molar-refractivity contribution in [3.8, 4) is 0 Å². The van der Waals surface area contributed by atoms with Crippen molar-refractivity contribution >= 4 is 5.65 Å². The molecule has 5 heteroatoms. The Labute approximate surface area is 118 Å². The quantitative estimate of drug-likeness (QED) is 0.909. The summed E-state index contributed by atoms with van der Waals surface area (Å²) < 4.78 is 7.81. The summed E-state index contributed by atoms with van der Waals surface area (Å²) in [6.45, 7) is 3.02. The van der Waals surface area contributed by atoms with Crippen molar-refractivity contribution in [1.82, 2.24) is 19.9 Å². The van der Waals surface area contributed by atoms with E-state index in [1.54, 1.807) is 0 Å². The van der Waals surface area contributed by atoms with Gasteiger partial charge in [-0.05, 0) is 38.3 Å². The predicted molar refractivity (Wildman–Crippen MR) is 75.8 cm³/mol. The molecule has 5 nitrogen and oxygen atoms in total. The van der Waals surface area contributed by atoms with Crippen molar-refractivity contribution in [2.24, 2.45) is 0 Å². The first-order valence-corrected chi connectivity index (χ1v) is 7.58. The Morgan fingerprint density at radius 1 is 1.30 bits per heavy atom. The van der Waals surface area contributed by atoms with Gasteiger partial charge in [-0.25, -0.2) is 9.50 Å². The fourth-order valence-corrected chi connectivity index (χ4v) is 3.39. The van der Waals surface area contributed by atoms with Crippen LogP contribution in [0.5, 0.6) is 0 Å². The van der Waals surface area contributed by atoms with Crippen LogP contribution in [0, 0.1) is 0 Å². The summed E-state index contributed by atoms with van der Waals surface area (Å²) in [5, 5.41) is 8.06. The lowest BCUT2D eigenvalue weighted by molar-refractivity contribution is 0.113. The molecule has 1 N–H and O–H groups in total. The Morgan fingerprint density at radius 2 is 2.30 bits per heavy atom. The van der Waals surface area contributed by atoms with Crippen molar-refractivity contribution in [3.63, 3.8) is 0 Å². The van der Waals surface area contributed by atoms with E-state index in [0.29, 0.717) is 5.92 Å². The van der Waals surface area contributed by atoms with E-state index >= 15 is 0 Å². The number of ether oxygens (including phenoxy) is 1. The van der Waals surface area contributed by atoms with Crippen LogP contribution in [0.1, 0.15) is 49.0 Å². The number of nitrogens with zero attached hydrogens (tertiary/aromatic N) is 3. The zero-order chi connectivity index (χ0) is 13.4. The second-order valence-corrected chi connectivity index (χ2v) is 5.75. The molecule has 0 aromatic carbocycles. The molecule has 2 saturated heterocycles. The van der Waals surface area contributed by atoms with E-state index < -0.39 is 0 Å². The molecule has 2 unspecified atom stereocenters. The molecule has 0 spiro atoms. The monoisotopic (exact) mass is 272 g/mol. The highest BCUT2D eigenvalue weighted by Gasteiger charge is 2.24. The molecule has 0 aliphatic carbocycles. The van der Waals surface area contributed by atoms with Gasteiger partial charge in [-0.2, -0.15) is 5.10 Å². The molecule has 0 radical (unpaired) electrons. The maximum absolute atomic E-state index is 5.79. The average Bonchev–Trinajstić information content (AvgIpc) is 3.16. The van der Waals surface area contributed by atoms with Gasteiger partial charge >= 0.3 is 0 Å². The van der Waals surface area contributed by atoms with Crippen LogP contribution < -0.4 is 5.32 Å².